The van der Waals surface area contributed by atoms with Gasteiger partial charge in [0.05, 0.1) is 0 Å². The summed E-state index contributed by atoms with van der Waals surface area (Å²) in [6.45, 7) is 0. The molecule has 0 aliphatic rings. The Morgan fingerprint density at radius 1 is 1.57 bits per heavy atom. The molecule has 0 saturated carbocycles. The highest BCUT2D eigenvalue weighted by Crippen LogP contribution is 2.10. The van der Waals surface area contributed by atoms with Gasteiger partial charge in [-0.1, -0.05) is 12.1 Å². The fourth-order valence-electron chi connectivity index (χ4n) is 0.957. The minimum Gasteiger partial charge on any atom is -0.477 e. The first-order chi connectivity index (χ1) is 6.63. The predicted molar refractivity (Wildman–Crippen MR) is 52.1 cm³/mol. The number of hydrogen-bond donors (Lipinski definition) is 2. The number of aliphatic carboxylic acids is 1. The number of anilines is 1. The van der Waals surface area contributed by atoms with Crippen LogP contribution in [0.3, 0.4) is 0 Å². The highest BCUT2D eigenvalue weighted by molar-refractivity contribution is 5.96. The average Bonchev–Trinajstić information content (AvgIpc) is 2.14. The second kappa shape index (κ2) is 4.10. The normalized spacial score (nSPS) is 10.6. The summed E-state index contributed by atoms with van der Waals surface area (Å²) in [5.74, 6) is -1.24. The molecule has 0 aromatic heterocycles. The second-order valence-electron chi connectivity index (χ2n) is 2.65. The van der Waals surface area contributed by atoms with Gasteiger partial charge in [0.15, 0.2) is 0 Å². The standard InChI is InChI=1S/C10H8N2O2/c11-6-8(10(13)14)4-7-2-1-3-9(12)5-7/h1-5H,12H2,(H,13,14). The molecule has 0 saturated heterocycles. The zero-order valence-electron chi connectivity index (χ0n) is 7.27. The van der Waals surface area contributed by atoms with Crippen molar-refractivity contribution in [2.45, 2.75) is 0 Å². The fraction of sp³-hybridized carbons (Fsp3) is 0. The van der Waals surface area contributed by atoms with Crippen molar-refractivity contribution < 1.29 is 9.90 Å². The molecule has 0 heterocycles. The van der Waals surface area contributed by atoms with E-state index >= 15 is 0 Å². The van der Waals surface area contributed by atoms with Gasteiger partial charge in [0.2, 0.25) is 0 Å². The Morgan fingerprint density at radius 3 is 2.79 bits per heavy atom. The molecule has 0 bridgehead atoms. The Balaban J connectivity index is 3.08. The monoisotopic (exact) mass is 188 g/mol. The molecule has 0 aliphatic heterocycles. The molecule has 14 heavy (non-hydrogen) atoms. The molecule has 4 heteroatoms. The van der Waals surface area contributed by atoms with Gasteiger partial charge in [-0.2, -0.15) is 5.26 Å². The number of carboxylic acid groups (broad SMARTS) is 1. The summed E-state index contributed by atoms with van der Waals surface area (Å²) in [5.41, 5.74) is 6.31. The van der Waals surface area contributed by atoms with Crippen LogP contribution in [-0.2, 0) is 4.79 Å². The van der Waals surface area contributed by atoms with E-state index in [1.54, 1.807) is 30.3 Å². The van der Waals surface area contributed by atoms with Gasteiger partial charge < -0.3 is 10.8 Å². The summed E-state index contributed by atoms with van der Waals surface area (Å²) >= 11 is 0. The van der Waals surface area contributed by atoms with Crippen molar-refractivity contribution in [3.05, 3.63) is 35.4 Å². The van der Waals surface area contributed by atoms with Crippen LogP contribution >= 0.6 is 0 Å². The van der Waals surface area contributed by atoms with Gasteiger partial charge in [0.1, 0.15) is 11.6 Å². The molecule has 0 radical (unpaired) electrons. The Hall–Kier alpha value is -2.28. The highest BCUT2D eigenvalue weighted by atomic mass is 16.4. The van der Waals surface area contributed by atoms with Gasteiger partial charge in [-0.25, -0.2) is 4.79 Å². The number of carbonyl (C=O) groups is 1. The summed E-state index contributed by atoms with van der Waals surface area (Å²) < 4.78 is 0. The Labute approximate surface area is 80.9 Å². The van der Waals surface area contributed by atoms with E-state index < -0.39 is 5.97 Å². The third-order valence-electron chi connectivity index (χ3n) is 1.57. The third-order valence-corrected chi connectivity index (χ3v) is 1.57. The molecular formula is C10H8N2O2. The zero-order chi connectivity index (χ0) is 10.6. The maximum Gasteiger partial charge on any atom is 0.346 e. The minimum atomic E-state index is -1.24. The van der Waals surface area contributed by atoms with Crippen LogP contribution in [0, 0.1) is 11.3 Å². The highest BCUT2D eigenvalue weighted by Gasteiger charge is 2.04. The topological polar surface area (TPSA) is 87.1 Å². The van der Waals surface area contributed by atoms with Crippen molar-refractivity contribution in [2.24, 2.45) is 0 Å². The van der Waals surface area contributed by atoms with Gasteiger partial charge in [0, 0.05) is 5.69 Å². The quantitative estimate of drug-likeness (QED) is 0.415. The smallest absolute Gasteiger partial charge is 0.346 e. The zero-order valence-corrected chi connectivity index (χ0v) is 7.27. The van der Waals surface area contributed by atoms with E-state index in [-0.39, 0.29) is 5.57 Å². The molecular weight excluding hydrogens is 180 g/mol. The number of rotatable bonds is 2. The van der Waals surface area contributed by atoms with Crippen LogP contribution in [0.1, 0.15) is 5.56 Å². The van der Waals surface area contributed by atoms with Crippen LogP contribution in [0.2, 0.25) is 0 Å². The van der Waals surface area contributed by atoms with Crippen molar-refractivity contribution in [1.82, 2.24) is 0 Å². The lowest BCUT2D eigenvalue weighted by molar-refractivity contribution is -0.132. The SMILES string of the molecule is N#CC(=Cc1cccc(N)c1)C(=O)O. The molecule has 0 unspecified atom stereocenters. The molecule has 3 N–H and O–H groups in total. The third kappa shape index (κ3) is 2.35. The summed E-state index contributed by atoms with van der Waals surface area (Å²) in [5, 5.41) is 17.1. The van der Waals surface area contributed by atoms with Crippen LogP contribution in [0.15, 0.2) is 29.8 Å². The van der Waals surface area contributed by atoms with E-state index in [9.17, 15) is 4.79 Å². The molecule has 1 rings (SSSR count). The lowest BCUT2D eigenvalue weighted by atomic mass is 10.1. The number of carboxylic acids is 1. The lowest BCUT2D eigenvalue weighted by Crippen LogP contribution is -1.97. The van der Waals surface area contributed by atoms with E-state index in [4.69, 9.17) is 16.1 Å². The average molecular weight is 188 g/mol. The Bertz CT molecular complexity index is 430. The first kappa shape index (κ1) is 9.81. The van der Waals surface area contributed by atoms with Crippen molar-refractivity contribution in [2.75, 3.05) is 5.73 Å². The van der Waals surface area contributed by atoms with E-state index in [0.29, 0.717) is 11.3 Å². The molecule has 0 amide bonds. The van der Waals surface area contributed by atoms with Gasteiger partial charge >= 0.3 is 5.97 Å². The summed E-state index contributed by atoms with van der Waals surface area (Å²) in [6.07, 6.45) is 1.28. The summed E-state index contributed by atoms with van der Waals surface area (Å²) in [4.78, 5) is 10.5. The molecule has 0 spiro atoms. The van der Waals surface area contributed by atoms with E-state index in [0.717, 1.165) is 0 Å². The largest absolute Gasteiger partial charge is 0.477 e. The molecule has 1 aromatic carbocycles. The van der Waals surface area contributed by atoms with Crippen molar-refractivity contribution in [3.63, 3.8) is 0 Å². The van der Waals surface area contributed by atoms with Crippen LogP contribution in [0.25, 0.3) is 6.08 Å². The van der Waals surface area contributed by atoms with Crippen LogP contribution < -0.4 is 5.73 Å². The Morgan fingerprint density at radius 2 is 2.29 bits per heavy atom. The molecule has 4 nitrogen and oxygen atoms in total. The molecule has 0 fully saturated rings. The van der Waals surface area contributed by atoms with Crippen LogP contribution in [0.4, 0.5) is 5.69 Å². The number of nitrogens with zero attached hydrogens (tertiary/aromatic N) is 1. The van der Waals surface area contributed by atoms with Gasteiger partial charge in [-0.05, 0) is 23.8 Å². The summed E-state index contributed by atoms with van der Waals surface area (Å²) in [7, 11) is 0. The van der Waals surface area contributed by atoms with E-state index in [1.807, 2.05) is 0 Å². The van der Waals surface area contributed by atoms with Crippen molar-refractivity contribution >= 4 is 17.7 Å². The van der Waals surface area contributed by atoms with Crippen molar-refractivity contribution in [1.29, 1.82) is 5.26 Å². The second-order valence-corrected chi connectivity index (χ2v) is 2.65. The van der Waals surface area contributed by atoms with Gasteiger partial charge in [-0.3, -0.25) is 0 Å². The van der Waals surface area contributed by atoms with E-state index in [1.165, 1.54) is 6.08 Å². The van der Waals surface area contributed by atoms with Crippen LogP contribution in [-0.4, -0.2) is 11.1 Å². The number of hydrogen-bond acceptors (Lipinski definition) is 3. The fourth-order valence-corrected chi connectivity index (χ4v) is 0.957. The summed E-state index contributed by atoms with van der Waals surface area (Å²) in [6, 6.07) is 8.24. The molecule has 0 aliphatic carbocycles. The first-order valence-corrected chi connectivity index (χ1v) is 3.84. The molecule has 1 aromatic rings. The maximum atomic E-state index is 10.5. The van der Waals surface area contributed by atoms with Gasteiger partial charge in [0.25, 0.3) is 0 Å². The van der Waals surface area contributed by atoms with E-state index in [2.05, 4.69) is 0 Å². The number of nitriles is 1. The lowest BCUT2D eigenvalue weighted by Gasteiger charge is -1.95. The predicted octanol–water partition coefficient (Wildman–Crippen LogP) is 1.26. The molecule has 0 atom stereocenters. The Kier molecular flexibility index (Phi) is 2.87. The van der Waals surface area contributed by atoms with Crippen molar-refractivity contribution in [3.8, 4) is 6.07 Å². The first-order valence-electron chi connectivity index (χ1n) is 3.84. The van der Waals surface area contributed by atoms with Gasteiger partial charge in [-0.15, -0.1) is 0 Å². The number of nitrogen functional groups attached to an aromatic ring is 1. The number of benzene rings is 1. The van der Waals surface area contributed by atoms with Crippen LogP contribution in [0.5, 0.6) is 0 Å². The number of nitrogens with two attached hydrogens (primary N) is 1. The maximum absolute atomic E-state index is 10.5. The molecule has 70 valence electrons. The minimum absolute atomic E-state index is 0.310.